The van der Waals surface area contributed by atoms with E-state index in [1.807, 2.05) is 47.0 Å². The summed E-state index contributed by atoms with van der Waals surface area (Å²) in [4.78, 5) is 3.20. The lowest BCUT2D eigenvalue weighted by molar-refractivity contribution is 0.415. The summed E-state index contributed by atoms with van der Waals surface area (Å²) in [5.41, 5.74) is 3.03. The van der Waals surface area contributed by atoms with E-state index in [0.717, 1.165) is 27.4 Å². The van der Waals surface area contributed by atoms with E-state index in [4.69, 9.17) is 28.6 Å². The quantitative estimate of drug-likeness (QED) is 0.726. The number of imidazole rings is 1. The van der Waals surface area contributed by atoms with Crippen LogP contribution in [-0.2, 0) is 6.54 Å². The van der Waals surface area contributed by atoms with Gasteiger partial charge in [-0.15, -0.1) is 0 Å². The lowest BCUT2D eigenvalue weighted by atomic mass is 10.2. The van der Waals surface area contributed by atoms with Crippen LogP contribution in [0.15, 0.2) is 42.5 Å². The summed E-state index contributed by atoms with van der Waals surface area (Å²) in [5, 5.41) is 0.742. The summed E-state index contributed by atoms with van der Waals surface area (Å²) >= 11 is 11.6. The van der Waals surface area contributed by atoms with Crippen LogP contribution < -0.4 is 4.74 Å². The van der Waals surface area contributed by atoms with Gasteiger partial charge in [-0.05, 0) is 36.0 Å². The molecule has 0 aliphatic rings. The molecule has 0 amide bonds. The normalized spacial score (nSPS) is 10.9. The Morgan fingerprint density at radius 2 is 2.05 bits per heavy atom. The molecule has 1 aromatic heterocycles. The fourth-order valence-corrected chi connectivity index (χ4v) is 2.68. The number of benzene rings is 2. The predicted octanol–water partition coefficient (Wildman–Crippen LogP) is 4.41. The number of H-pyrrole nitrogens is 1. The van der Waals surface area contributed by atoms with Crippen LogP contribution in [0.1, 0.15) is 5.56 Å². The van der Waals surface area contributed by atoms with Crippen LogP contribution in [-0.4, -0.2) is 16.7 Å². The van der Waals surface area contributed by atoms with E-state index in [0.29, 0.717) is 11.3 Å². The molecule has 20 heavy (non-hydrogen) atoms. The lowest BCUT2D eigenvalue weighted by Gasteiger charge is -2.07. The summed E-state index contributed by atoms with van der Waals surface area (Å²) in [6.45, 7) is 0.631. The molecule has 0 aliphatic heterocycles. The summed E-state index contributed by atoms with van der Waals surface area (Å²) in [6, 6.07) is 13.6. The Morgan fingerprint density at radius 1 is 1.25 bits per heavy atom. The molecule has 3 aromatic rings. The average Bonchev–Trinajstić information content (AvgIpc) is 2.77. The SMILES string of the molecule is COc1ccc2[nH]c(=S)n(Cc3ccccc3Cl)c2c1. The molecule has 0 aliphatic carbocycles. The Balaban J connectivity index is 2.13. The number of nitrogens with one attached hydrogen (secondary N) is 1. The number of fused-ring (bicyclic) bond motifs is 1. The number of rotatable bonds is 3. The molecule has 3 rings (SSSR count). The molecule has 2 aromatic carbocycles. The molecule has 0 radical (unpaired) electrons. The molecule has 3 nitrogen and oxygen atoms in total. The van der Waals surface area contributed by atoms with Gasteiger partial charge in [-0.3, -0.25) is 0 Å². The second kappa shape index (κ2) is 5.31. The van der Waals surface area contributed by atoms with Crippen molar-refractivity contribution in [3.8, 4) is 5.75 Å². The molecule has 0 saturated carbocycles. The van der Waals surface area contributed by atoms with Crippen LogP contribution in [0, 0.1) is 4.77 Å². The van der Waals surface area contributed by atoms with Crippen molar-refractivity contribution < 1.29 is 4.74 Å². The van der Waals surface area contributed by atoms with E-state index in [2.05, 4.69) is 4.98 Å². The maximum absolute atomic E-state index is 6.22. The fourth-order valence-electron chi connectivity index (χ4n) is 2.21. The topological polar surface area (TPSA) is 29.9 Å². The fraction of sp³-hybridized carbons (Fsp3) is 0.133. The molecule has 0 saturated heterocycles. The van der Waals surface area contributed by atoms with Gasteiger partial charge in [0.25, 0.3) is 0 Å². The third-order valence-electron chi connectivity index (χ3n) is 3.27. The third-order valence-corrected chi connectivity index (χ3v) is 3.96. The van der Waals surface area contributed by atoms with E-state index in [1.165, 1.54) is 0 Å². The van der Waals surface area contributed by atoms with Crippen LogP contribution in [0.2, 0.25) is 5.02 Å². The van der Waals surface area contributed by atoms with Gasteiger partial charge in [0.05, 0.1) is 24.7 Å². The van der Waals surface area contributed by atoms with Crippen molar-refractivity contribution in [1.82, 2.24) is 9.55 Å². The molecule has 0 atom stereocenters. The highest BCUT2D eigenvalue weighted by molar-refractivity contribution is 7.71. The Bertz CT molecular complexity index is 822. The van der Waals surface area contributed by atoms with Gasteiger partial charge in [-0.1, -0.05) is 29.8 Å². The molecule has 0 spiro atoms. The lowest BCUT2D eigenvalue weighted by Crippen LogP contribution is -2.00. The Morgan fingerprint density at radius 3 is 2.80 bits per heavy atom. The number of aromatic nitrogens is 2. The van der Waals surface area contributed by atoms with Crippen molar-refractivity contribution in [3.05, 3.63) is 57.8 Å². The van der Waals surface area contributed by atoms with Crippen LogP contribution in [0.3, 0.4) is 0 Å². The van der Waals surface area contributed by atoms with Gasteiger partial charge < -0.3 is 14.3 Å². The van der Waals surface area contributed by atoms with E-state index < -0.39 is 0 Å². The van der Waals surface area contributed by atoms with Gasteiger partial charge in [0.15, 0.2) is 4.77 Å². The molecular weight excluding hydrogens is 292 g/mol. The standard InChI is InChI=1S/C15H13ClN2OS/c1-19-11-6-7-13-14(8-11)18(15(20)17-13)9-10-4-2-3-5-12(10)16/h2-8H,9H2,1H3,(H,17,20). The number of methoxy groups -OCH3 is 1. The van der Waals surface area contributed by atoms with E-state index >= 15 is 0 Å². The van der Waals surface area contributed by atoms with Gasteiger partial charge in [0.1, 0.15) is 5.75 Å². The average molecular weight is 305 g/mol. The van der Waals surface area contributed by atoms with Crippen molar-refractivity contribution in [1.29, 1.82) is 0 Å². The van der Waals surface area contributed by atoms with Crippen molar-refractivity contribution in [2.75, 3.05) is 7.11 Å². The predicted molar refractivity (Wildman–Crippen MR) is 84.2 cm³/mol. The van der Waals surface area contributed by atoms with Crippen molar-refractivity contribution in [2.45, 2.75) is 6.54 Å². The zero-order chi connectivity index (χ0) is 14.1. The van der Waals surface area contributed by atoms with Gasteiger partial charge in [-0.25, -0.2) is 0 Å². The van der Waals surface area contributed by atoms with Crippen LogP contribution in [0.4, 0.5) is 0 Å². The van der Waals surface area contributed by atoms with Crippen LogP contribution in [0.25, 0.3) is 11.0 Å². The zero-order valence-electron chi connectivity index (χ0n) is 10.9. The largest absolute Gasteiger partial charge is 0.497 e. The van der Waals surface area contributed by atoms with Crippen molar-refractivity contribution in [3.63, 3.8) is 0 Å². The van der Waals surface area contributed by atoms with Crippen LogP contribution in [0.5, 0.6) is 5.75 Å². The first-order valence-corrected chi connectivity index (χ1v) is 6.97. The van der Waals surface area contributed by atoms with E-state index in [-0.39, 0.29) is 0 Å². The van der Waals surface area contributed by atoms with Gasteiger partial charge in [-0.2, -0.15) is 0 Å². The molecule has 1 heterocycles. The maximum Gasteiger partial charge on any atom is 0.178 e. The van der Waals surface area contributed by atoms with E-state index in [9.17, 15) is 0 Å². The first kappa shape index (κ1) is 13.2. The van der Waals surface area contributed by atoms with E-state index in [1.54, 1.807) is 7.11 Å². The van der Waals surface area contributed by atoms with Gasteiger partial charge >= 0.3 is 0 Å². The molecule has 1 N–H and O–H groups in total. The summed E-state index contributed by atoms with van der Waals surface area (Å²) < 4.78 is 7.97. The number of nitrogens with zero attached hydrogens (tertiary/aromatic N) is 1. The number of ether oxygens (including phenoxy) is 1. The highest BCUT2D eigenvalue weighted by Gasteiger charge is 2.08. The third kappa shape index (κ3) is 2.32. The Hall–Kier alpha value is -1.78. The molecule has 0 unspecified atom stereocenters. The molecular formula is C15H13ClN2OS. The summed E-state index contributed by atoms with van der Waals surface area (Å²) in [7, 11) is 1.65. The number of aromatic amines is 1. The number of halogens is 1. The zero-order valence-corrected chi connectivity index (χ0v) is 12.5. The second-order valence-electron chi connectivity index (χ2n) is 4.49. The maximum atomic E-state index is 6.22. The first-order valence-electron chi connectivity index (χ1n) is 6.19. The summed E-state index contributed by atoms with van der Waals surface area (Å²) in [6.07, 6.45) is 0. The highest BCUT2D eigenvalue weighted by atomic mass is 35.5. The molecule has 0 fully saturated rings. The summed E-state index contributed by atoms with van der Waals surface area (Å²) in [5.74, 6) is 0.805. The van der Waals surface area contributed by atoms with Gasteiger partial charge in [0, 0.05) is 11.1 Å². The number of hydrogen-bond donors (Lipinski definition) is 1. The monoisotopic (exact) mass is 304 g/mol. The minimum absolute atomic E-state index is 0.631. The number of hydrogen-bond acceptors (Lipinski definition) is 2. The minimum Gasteiger partial charge on any atom is -0.497 e. The second-order valence-corrected chi connectivity index (χ2v) is 5.28. The minimum atomic E-state index is 0.631. The van der Waals surface area contributed by atoms with Crippen molar-refractivity contribution >= 4 is 34.9 Å². The molecule has 0 bridgehead atoms. The van der Waals surface area contributed by atoms with Gasteiger partial charge in [0.2, 0.25) is 0 Å². The molecule has 5 heteroatoms. The van der Waals surface area contributed by atoms with Crippen LogP contribution >= 0.6 is 23.8 Å². The Kier molecular flexibility index (Phi) is 3.51. The Labute approximate surface area is 126 Å². The first-order chi connectivity index (χ1) is 9.69. The smallest absolute Gasteiger partial charge is 0.178 e. The van der Waals surface area contributed by atoms with Crippen molar-refractivity contribution in [2.24, 2.45) is 0 Å². The molecule has 102 valence electrons. The highest BCUT2D eigenvalue weighted by Crippen LogP contribution is 2.23.